The van der Waals surface area contributed by atoms with Gasteiger partial charge in [-0.3, -0.25) is 9.59 Å². The van der Waals surface area contributed by atoms with Crippen molar-refractivity contribution < 1.29 is 24.2 Å². The summed E-state index contributed by atoms with van der Waals surface area (Å²) in [5.41, 5.74) is 2.42. The molecule has 1 saturated heterocycles. The van der Waals surface area contributed by atoms with Crippen LogP contribution in [-0.2, 0) is 14.3 Å². The molecule has 0 aromatic heterocycles. The number of carbonyl (C=O) groups is 2. The monoisotopic (exact) mass is 435 g/mol. The summed E-state index contributed by atoms with van der Waals surface area (Å²) in [5.74, 6) is -0.596. The van der Waals surface area contributed by atoms with Gasteiger partial charge in [-0.1, -0.05) is 50.8 Å². The van der Waals surface area contributed by atoms with E-state index in [4.69, 9.17) is 9.47 Å². The maximum Gasteiger partial charge on any atom is 0.295 e. The van der Waals surface area contributed by atoms with E-state index in [1.165, 1.54) is 4.90 Å². The Hall–Kier alpha value is -3.38. The molecule has 32 heavy (non-hydrogen) atoms. The molecule has 1 unspecified atom stereocenters. The molecule has 0 radical (unpaired) electrons. The highest BCUT2D eigenvalue weighted by Crippen LogP contribution is 2.39. The summed E-state index contributed by atoms with van der Waals surface area (Å²) in [4.78, 5) is 27.3. The molecule has 0 saturated carbocycles. The number of benzene rings is 2. The lowest BCUT2D eigenvalue weighted by Crippen LogP contribution is -2.32. The van der Waals surface area contributed by atoms with Crippen molar-refractivity contribution in [3.8, 4) is 5.75 Å². The van der Waals surface area contributed by atoms with E-state index in [0.29, 0.717) is 23.8 Å². The number of nitrogens with zero attached hydrogens (tertiary/aromatic N) is 1. The number of Topliss-reactive ketones (excluding diaryl/α,β-unsaturated/α-hetero) is 1. The van der Waals surface area contributed by atoms with E-state index in [1.807, 2.05) is 24.3 Å². The Morgan fingerprint density at radius 1 is 1.12 bits per heavy atom. The van der Waals surface area contributed by atoms with Crippen molar-refractivity contribution in [3.05, 3.63) is 83.4 Å². The Balaban J connectivity index is 2.06. The van der Waals surface area contributed by atoms with E-state index in [9.17, 15) is 14.7 Å². The van der Waals surface area contributed by atoms with E-state index < -0.39 is 17.7 Å². The lowest BCUT2D eigenvalue weighted by Gasteiger charge is -2.25. The zero-order valence-electron chi connectivity index (χ0n) is 18.7. The second-order valence-electron chi connectivity index (χ2n) is 7.93. The number of aliphatic hydroxyl groups excluding tert-OH is 1. The van der Waals surface area contributed by atoms with Crippen molar-refractivity contribution in [3.63, 3.8) is 0 Å². The number of aliphatic hydroxyl groups is 1. The van der Waals surface area contributed by atoms with Gasteiger partial charge in [0.2, 0.25) is 0 Å². The van der Waals surface area contributed by atoms with Crippen molar-refractivity contribution in [2.24, 2.45) is 0 Å². The third-order valence-electron chi connectivity index (χ3n) is 5.49. The smallest absolute Gasteiger partial charge is 0.295 e. The topological polar surface area (TPSA) is 76.1 Å². The lowest BCUT2D eigenvalue weighted by atomic mass is 9.93. The number of amides is 1. The van der Waals surface area contributed by atoms with Gasteiger partial charge in [0.05, 0.1) is 18.2 Å². The van der Waals surface area contributed by atoms with E-state index in [2.05, 4.69) is 20.4 Å². The van der Waals surface area contributed by atoms with Crippen LogP contribution in [0.5, 0.6) is 5.75 Å². The van der Waals surface area contributed by atoms with Crippen LogP contribution < -0.4 is 4.74 Å². The van der Waals surface area contributed by atoms with E-state index >= 15 is 0 Å². The molecule has 1 heterocycles. The molecule has 2 aromatic rings. The molecule has 1 N–H and O–H groups in total. The van der Waals surface area contributed by atoms with Gasteiger partial charge in [0.15, 0.2) is 0 Å². The quantitative estimate of drug-likeness (QED) is 0.273. The molecule has 0 bridgehead atoms. The zero-order valence-corrected chi connectivity index (χ0v) is 18.7. The average molecular weight is 436 g/mol. The third kappa shape index (κ3) is 4.75. The maximum absolute atomic E-state index is 13.0. The fraction of sp³-hybridized carbons (Fsp3) is 0.308. The lowest BCUT2D eigenvalue weighted by molar-refractivity contribution is -0.140. The summed E-state index contributed by atoms with van der Waals surface area (Å²) in [7, 11) is 1.54. The zero-order chi connectivity index (χ0) is 23.3. The molecule has 0 aliphatic carbocycles. The Bertz CT molecular complexity index is 1010. The van der Waals surface area contributed by atoms with Crippen molar-refractivity contribution in [2.45, 2.75) is 25.8 Å². The highest BCUT2D eigenvalue weighted by molar-refractivity contribution is 6.46. The number of hydrogen-bond donors (Lipinski definition) is 1. The van der Waals surface area contributed by atoms with Crippen LogP contribution in [0.15, 0.2) is 66.8 Å². The van der Waals surface area contributed by atoms with Crippen LogP contribution >= 0.6 is 0 Å². The number of hydrogen-bond acceptors (Lipinski definition) is 5. The summed E-state index contributed by atoms with van der Waals surface area (Å²) < 4.78 is 10.6. The normalized spacial score (nSPS) is 17.8. The number of rotatable bonds is 9. The molecule has 1 atom stereocenters. The number of ketones is 1. The molecular weight excluding hydrogens is 406 g/mol. The van der Waals surface area contributed by atoms with Gasteiger partial charge in [0, 0.05) is 19.2 Å². The van der Waals surface area contributed by atoms with Gasteiger partial charge in [0.25, 0.3) is 11.7 Å². The summed E-state index contributed by atoms with van der Waals surface area (Å²) in [6.07, 6.45) is 1.64. The van der Waals surface area contributed by atoms with Gasteiger partial charge in [0.1, 0.15) is 18.1 Å². The van der Waals surface area contributed by atoms with Gasteiger partial charge in [-0.15, -0.1) is 0 Å². The van der Waals surface area contributed by atoms with Crippen LogP contribution in [-0.4, -0.2) is 48.6 Å². The minimum atomic E-state index is -0.705. The van der Waals surface area contributed by atoms with Crippen LogP contribution in [0.1, 0.15) is 42.5 Å². The van der Waals surface area contributed by atoms with Crippen LogP contribution in [0, 0.1) is 0 Å². The summed E-state index contributed by atoms with van der Waals surface area (Å²) in [6.45, 7) is 8.70. The molecule has 1 aliphatic rings. The van der Waals surface area contributed by atoms with Gasteiger partial charge >= 0.3 is 0 Å². The highest BCUT2D eigenvalue weighted by atomic mass is 16.5. The predicted molar refractivity (Wildman–Crippen MR) is 124 cm³/mol. The first-order valence-corrected chi connectivity index (χ1v) is 10.6. The minimum Gasteiger partial charge on any atom is -0.507 e. The molecular formula is C26H29NO5. The Morgan fingerprint density at radius 3 is 2.34 bits per heavy atom. The molecule has 3 rings (SSSR count). The predicted octanol–water partition coefficient (Wildman–Crippen LogP) is 4.44. The molecule has 1 amide bonds. The second kappa shape index (κ2) is 10.3. The van der Waals surface area contributed by atoms with Crippen LogP contribution in [0.3, 0.4) is 0 Å². The molecule has 6 nitrogen and oxygen atoms in total. The summed E-state index contributed by atoms with van der Waals surface area (Å²) >= 11 is 0. The molecule has 1 aliphatic heterocycles. The summed E-state index contributed by atoms with van der Waals surface area (Å²) in [5, 5.41) is 11.1. The molecule has 168 valence electrons. The van der Waals surface area contributed by atoms with Gasteiger partial charge < -0.3 is 19.5 Å². The fourth-order valence-corrected chi connectivity index (χ4v) is 3.73. The highest BCUT2D eigenvalue weighted by Gasteiger charge is 2.45. The van der Waals surface area contributed by atoms with Gasteiger partial charge in [-0.05, 0) is 41.3 Å². The van der Waals surface area contributed by atoms with Crippen LogP contribution in [0.2, 0.25) is 0 Å². The molecule has 2 aromatic carbocycles. The van der Waals surface area contributed by atoms with E-state index in [0.717, 1.165) is 11.1 Å². The molecule has 1 fully saturated rings. The molecule has 6 heteroatoms. The maximum atomic E-state index is 13.0. The fourth-order valence-electron chi connectivity index (χ4n) is 3.73. The first kappa shape index (κ1) is 23.3. The Kier molecular flexibility index (Phi) is 7.49. The number of likely N-dealkylation sites (tertiary alicyclic amines) is 1. The van der Waals surface area contributed by atoms with Crippen molar-refractivity contribution in [1.29, 1.82) is 0 Å². The number of ether oxygens (including phenoxy) is 2. The standard InChI is InChI=1S/C26H29NO5/c1-5-15-32-21-12-10-20(11-13-21)24(28)22-23(19-8-6-18(7-9-19)17(2)3)27(14-16-31-4)26(30)25(22)29/h5-13,17,23,28H,1,14-16H2,2-4H3/b24-22+. The van der Waals surface area contributed by atoms with Gasteiger partial charge in [-0.2, -0.15) is 0 Å². The first-order chi connectivity index (χ1) is 15.4. The summed E-state index contributed by atoms with van der Waals surface area (Å²) in [6, 6.07) is 13.8. The van der Waals surface area contributed by atoms with Crippen molar-refractivity contribution in [2.75, 3.05) is 26.9 Å². The van der Waals surface area contributed by atoms with Gasteiger partial charge in [-0.25, -0.2) is 0 Å². The van der Waals surface area contributed by atoms with Crippen molar-refractivity contribution in [1.82, 2.24) is 4.90 Å². The Labute approximate surface area is 188 Å². The first-order valence-electron chi connectivity index (χ1n) is 10.6. The third-order valence-corrected chi connectivity index (χ3v) is 5.49. The van der Waals surface area contributed by atoms with Crippen molar-refractivity contribution >= 4 is 17.4 Å². The van der Waals surface area contributed by atoms with Crippen LogP contribution in [0.25, 0.3) is 5.76 Å². The SMILES string of the molecule is C=CCOc1ccc(/C(O)=C2\C(=O)C(=O)N(CCOC)C2c2ccc(C(C)C)cc2)cc1. The Morgan fingerprint density at radius 2 is 1.78 bits per heavy atom. The number of carbonyl (C=O) groups excluding carboxylic acids is 2. The van der Waals surface area contributed by atoms with E-state index in [-0.39, 0.29) is 24.5 Å². The number of methoxy groups -OCH3 is 1. The molecule has 0 spiro atoms. The minimum absolute atomic E-state index is 0.0724. The largest absolute Gasteiger partial charge is 0.507 e. The van der Waals surface area contributed by atoms with E-state index in [1.54, 1.807) is 37.5 Å². The average Bonchev–Trinajstić information content (AvgIpc) is 3.06. The second-order valence-corrected chi connectivity index (χ2v) is 7.93. The van der Waals surface area contributed by atoms with Crippen LogP contribution in [0.4, 0.5) is 0 Å².